The summed E-state index contributed by atoms with van der Waals surface area (Å²) in [6.45, 7) is 1.72. The van der Waals surface area contributed by atoms with Crippen LogP contribution in [0, 0.1) is 0 Å². The largest absolute Gasteiger partial charge is 0.373 e. The number of fused-ring (bicyclic) bond motifs is 1. The summed E-state index contributed by atoms with van der Waals surface area (Å²) >= 11 is 1.67. The number of para-hydroxylation sites is 1. The maximum atomic E-state index is 5.33. The van der Waals surface area contributed by atoms with Crippen LogP contribution in [0.4, 0.5) is 0 Å². The van der Waals surface area contributed by atoms with Crippen molar-refractivity contribution in [1.29, 1.82) is 0 Å². The van der Waals surface area contributed by atoms with Gasteiger partial charge in [-0.1, -0.05) is 12.1 Å². The predicted octanol–water partition coefficient (Wildman–Crippen LogP) is 1.77. The monoisotopic (exact) mass is 208 g/mol. The Morgan fingerprint density at radius 1 is 1.36 bits per heavy atom. The van der Waals surface area contributed by atoms with E-state index in [1.54, 1.807) is 11.3 Å². The Kier molecular flexibility index (Phi) is 3.08. The molecule has 0 unspecified atom stereocenters. The Morgan fingerprint density at radius 2 is 2.21 bits per heavy atom. The maximum absolute atomic E-state index is 5.33. The van der Waals surface area contributed by atoms with E-state index in [1.807, 2.05) is 18.2 Å². The molecule has 0 amide bonds. The highest BCUT2D eigenvalue weighted by Crippen LogP contribution is 2.21. The summed E-state index contributed by atoms with van der Waals surface area (Å²) in [5.41, 5.74) is 6.37. The van der Waals surface area contributed by atoms with E-state index < -0.39 is 0 Å². The number of hydrogen-bond donors (Lipinski definition) is 1. The van der Waals surface area contributed by atoms with Crippen LogP contribution in [0.3, 0.4) is 0 Å². The molecular weight excluding hydrogens is 196 g/mol. The van der Waals surface area contributed by atoms with E-state index in [-0.39, 0.29) is 0 Å². The van der Waals surface area contributed by atoms with Crippen molar-refractivity contribution in [2.24, 2.45) is 5.73 Å². The molecule has 1 heterocycles. The zero-order valence-corrected chi connectivity index (χ0v) is 8.59. The molecule has 0 atom stereocenters. The number of rotatable bonds is 4. The van der Waals surface area contributed by atoms with Crippen molar-refractivity contribution in [3.05, 3.63) is 29.3 Å². The van der Waals surface area contributed by atoms with E-state index in [9.17, 15) is 0 Å². The van der Waals surface area contributed by atoms with Crippen LogP contribution in [0.2, 0.25) is 0 Å². The number of nitrogens with two attached hydrogens (primary N) is 1. The topological polar surface area (TPSA) is 48.1 Å². The van der Waals surface area contributed by atoms with Crippen LogP contribution >= 0.6 is 11.3 Å². The number of nitrogens with zero attached hydrogens (tertiary/aromatic N) is 1. The maximum Gasteiger partial charge on any atom is 0.120 e. The Hall–Kier alpha value is -0.970. The molecule has 74 valence electrons. The molecule has 1 aromatic carbocycles. The van der Waals surface area contributed by atoms with Gasteiger partial charge in [0, 0.05) is 6.54 Å². The van der Waals surface area contributed by atoms with Crippen LogP contribution < -0.4 is 5.73 Å². The minimum Gasteiger partial charge on any atom is -0.373 e. The van der Waals surface area contributed by atoms with Crippen molar-refractivity contribution in [2.75, 3.05) is 13.2 Å². The van der Waals surface area contributed by atoms with Gasteiger partial charge in [0.05, 0.1) is 23.4 Å². The highest BCUT2D eigenvalue weighted by Gasteiger charge is 2.01. The molecule has 0 spiro atoms. The molecule has 2 rings (SSSR count). The van der Waals surface area contributed by atoms with E-state index in [1.165, 1.54) is 4.70 Å². The summed E-state index contributed by atoms with van der Waals surface area (Å²) in [5, 5.41) is 1.01. The second kappa shape index (κ2) is 4.50. The van der Waals surface area contributed by atoms with E-state index in [4.69, 9.17) is 10.5 Å². The van der Waals surface area contributed by atoms with Crippen molar-refractivity contribution in [2.45, 2.75) is 6.61 Å². The second-order valence-corrected chi connectivity index (χ2v) is 4.03. The average molecular weight is 208 g/mol. The van der Waals surface area contributed by atoms with Gasteiger partial charge in [0.25, 0.3) is 0 Å². The molecule has 1 aromatic heterocycles. The van der Waals surface area contributed by atoms with Crippen LogP contribution in [-0.2, 0) is 11.3 Å². The number of benzene rings is 1. The Labute approximate surface area is 86.5 Å². The average Bonchev–Trinajstić information content (AvgIpc) is 2.60. The number of aromatic nitrogens is 1. The summed E-state index contributed by atoms with van der Waals surface area (Å²) in [5.74, 6) is 0. The minimum atomic E-state index is 0.560. The molecule has 14 heavy (non-hydrogen) atoms. The fourth-order valence-electron chi connectivity index (χ4n) is 1.22. The quantitative estimate of drug-likeness (QED) is 0.779. The van der Waals surface area contributed by atoms with Gasteiger partial charge < -0.3 is 10.5 Å². The van der Waals surface area contributed by atoms with Crippen molar-refractivity contribution in [3.63, 3.8) is 0 Å². The molecule has 4 heteroatoms. The number of hydrogen-bond acceptors (Lipinski definition) is 4. The van der Waals surface area contributed by atoms with Crippen LogP contribution in [0.5, 0.6) is 0 Å². The van der Waals surface area contributed by atoms with Gasteiger partial charge in [-0.25, -0.2) is 4.98 Å². The van der Waals surface area contributed by atoms with Crippen LogP contribution in [-0.4, -0.2) is 18.1 Å². The Bertz CT molecular complexity index is 380. The molecule has 0 bridgehead atoms. The molecule has 0 aliphatic rings. The molecule has 3 nitrogen and oxygen atoms in total. The summed E-state index contributed by atoms with van der Waals surface area (Å²) < 4.78 is 6.53. The molecule has 2 N–H and O–H groups in total. The van der Waals surface area contributed by atoms with Gasteiger partial charge in [0.15, 0.2) is 0 Å². The standard InChI is InChI=1S/C10H12N2OS/c11-5-6-13-7-10-12-8-3-1-2-4-9(8)14-10/h1-4H,5-7,11H2. The first-order chi connectivity index (χ1) is 6.90. The van der Waals surface area contributed by atoms with Crippen molar-refractivity contribution < 1.29 is 4.74 Å². The first-order valence-electron chi connectivity index (χ1n) is 4.52. The van der Waals surface area contributed by atoms with Crippen molar-refractivity contribution in [1.82, 2.24) is 4.98 Å². The Morgan fingerprint density at radius 3 is 3.00 bits per heavy atom. The van der Waals surface area contributed by atoms with Gasteiger partial charge in [0.2, 0.25) is 0 Å². The molecule has 0 saturated heterocycles. The zero-order chi connectivity index (χ0) is 9.80. The molecule has 0 aliphatic heterocycles. The minimum absolute atomic E-state index is 0.560. The lowest BCUT2D eigenvalue weighted by atomic mass is 10.3. The molecule has 0 saturated carbocycles. The fraction of sp³-hybridized carbons (Fsp3) is 0.300. The molecule has 0 aliphatic carbocycles. The van der Waals surface area contributed by atoms with Crippen LogP contribution in [0.15, 0.2) is 24.3 Å². The van der Waals surface area contributed by atoms with Crippen molar-refractivity contribution >= 4 is 21.6 Å². The van der Waals surface area contributed by atoms with E-state index in [0.29, 0.717) is 19.8 Å². The highest BCUT2D eigenvalue weighted by molar-refractivity contribution is 7.18. The smallest absolute Gasteiger partial charge is 0.120 e. The molecule has 0 fully saturated rings. The Balaban J connectivity index is 2.11. The predicted molar refractivity (Wildman–Crippen MR) is 58.3 cm³/mol. The lowest BCUT2D eigenvalue weighted by molar-refractivity contribution is 0.128. The molecular formula is C10H12N2OS. The summed E-state index contributed by atoms with van der Waals surface area (Å²) in [6, 6.07) is 8.09. The van der Waals surface area contributed by atoms with Crippen molar-refractivity contribution in [3.8, 4) is 0 Å². The van der Waals surface area contributed by atoms with Gasteiger partial charge in [0.1, 0.15) is 5.01 Å². The van der Waals surface area contributed by atoms with Gasteiger partial charge in [-0.2, -0.15) is 0 Å². The third kappa shape index (κ3) is 2.09. The van der Waals surface area contributed by atoms with Gasteiger partial charge in [-0.15, -0.1) is 11.3 Å². The van der Waals surface area contributed by atoms with Gasteiger partial charge in [-0.05, 0) is 12.1 Å². The third-order valence-electron chi connectivity index (χ3n) is 1.83. The van der Waals surface area contributed by atoms with E-state index in [2.05, 4.69) is 11.1 Å². The lowest BCUT2D eigenvalue weighted by Gasteiger charge is -1.96. The van der Waals surface area contributed by atoms with Crippen LogP contribution in [0.25, 0.3) is 10.2 Å². The first kappa shape index (κ1) is 9.58. The summed E-state index contributed by atoms with van der Waals surface area (Å²) in [4.78, 5) is 4.44. The van der Waals surface area contributed by atoms with E-state index in [0.717, 1.165) is 10.5 Å². The highest BCUT2D eigenvalue weighted by atomic mass is 32.1. The first-order valence-corrected chi connectivity index (χ1v) is 5.34. The molecule has 2 aromatic rings. The van der Waals surface area contributed by atoms with Crippen LogP contribution in [0.1, 0.15) is 5.01 Å². The lowest BCUT2D eigenvalue weighted by Crippen LogP contribution is -2.07. The number of thiazole rings is 1. The third-order valence-corrected chi connectivity index (χ3v) is 2.84. The SMILES string of the molecule is NCCOCc1nc2ccccc2s1. The normalized spacial score (nSPS) is 10.9. The zero-order valence-electron chi connectivity index (χ0n) is 7.77. The second-order valence-electron chi connectivity index (χ2n) is 2.92. The number of ether oxygens (including phenoxy) is 1. The summed E-state index contributed by atoms with van der Waals surface area (Å²) in [6.07, 6.45) is 0. The summed E-state index contributed by atoms with van der Waals surface area (Å²) in [7, 11) is 0. The van der Waals surface area contributed by atoms with Gasteiger partial charge >= 0.3 is 0 Å². The van der Waals surface area contributed by atoms with Gasteiger partial charge in [-0.3, -0.25) is 0 Å². The molecule has 0 radical (unpaired) electrons. The fourth-order valence-corrected chi connectivity index (χ4v) is 2.13. The van der Waals surface area contributed by atoms with E-state index >= 15 is 0 Å².